The zero-order valence-corrected chi connectivity index (χ0v) is 90.2. The van der Waals surface area contributed by atoms with E-state index < -0.39 is 0 Å². The standard InChI is InChI=1S/4C15H24N2.4C15H23NO.9CH4/c4*1-10(2)16-14-9-12-7-5-6-8-13(12)15(14)17-11(3)4;4*1-10(2)16-15-13-8-6-5-7-12(13)9-14(15)17-11(3)4;;;;;;;;;/h4*5-8,10-11,14-17H,9H2,1-4H3;4*5-8,10-11,14-16H,9H2,1-4H3;9*1H4/t2*14-,15+;2*14-,15-;2*14-,15+;2*14-,15-;;;;;;;;;/m10111011........./s1. The van der Waals surface area contributed by atoms with Gasteiger partial charge in [-0.3, -0.25) is 0 Å². The summed E-state index contributed by atoms with van der Waals surface area (Å²) < 4.78 is 24.2. The molecule has 0 aliphatic heterocycles. The molecule has 824 valence electrons. The molecule has 16 nitrogen and oxygen atoms in total. The van der Waals surface area contributed by atoms with Gasteiger partial charge >= 0.3 is 0 Å². The predicted octanol–water partition coefficient (Wildman–Crippen LogP) is 28.6. The number of rotatable bonds is 32. The Kier molecular flexibility index (Phi) is 64.9. The number of benzene rings is 8. The van der Waals surface area contributed by atoms with E-state index in [1.54, 1.807) is 0 Å². The number of ether oxygens (including phenoxy) is 4. The first-order valence-electron chi connectivity index (χ1n) is 53.0. The normalized spacial score (nSPS) is 22.0. The van der Waals surface area contributed by atoms with Crippen LogP contribution in [0.5, 0.6) is 0 Å². The zero-order chi connectivity index (χ0) is 99.3. The van der Waals surface area contributed by atoms with Crippen molar-refractivity contribution < 1.29 is 18.9 Å². The molecule has 0 fully saturated rings. The number of hydrogen-bond donors (Lipinski definition) is 12. The average molecular weight is 2010 g/mol. The summed E-state index contributed by atoms with van der Waals surface area (Å²) in [5.41, 5.74) is 23.2. The minimum absolute atomic E-state index is 0. The van der Waals surface area contributed by atoms with E-state index in [0.29, 0.717) is 145 Å². The monoisotopic (exact) mass is 2010 g/mol. The zero-order valence-electron chi connectivity index (χ0n) is 90.2. The third-order valence-corrected chi connectivity index (χ3v) is 25.7. The van der Waals surface area contributed by atoms with Crippen LogP contribution in [0.2, 0.25) is 0 Å². The Morgan fingerprint density at radius 2 is 0.262 bits per heavy atom. The molecule has 0 aromatic heterocycles. The topological polar surface area (TPSA) is 181 Å². The molecule has 145 heavy (non-hydrogen) atoms. The first-order valence-corrected chi connectivity index (χ1v) is 53.0. The maximum absolute atomic E-state index is 6.04. The maximum Gasteiger partial charge on any atom is 0.0813 e. The van der Waals surface area contributed by atoms with E-state index in [2.05, 4.69) is 479 Å². The number of hydrogen-bond acceptors (Lipinski definition) is 16. The molecule has 0 saturated heterocycles. The van der Waals surface area contributed by atoms with Crippen molar-refractivity contribution in [1.82, 2.24) is 63.8 Å². The van der Waals surface area contributed by atoms with Crippen LogP contribution in [0.15, 0.2) is 194 Å². The van der Waals surface area contributed by atoms with Crippen LogP contribution >= 0.6 is 0 Å². The molecule has 0 spiro atoms. The summed E-state index contributed by atoms with van der Waals surface area (Å²) in [5, 5.41) is 44.0. The van der Waals surface area contributed by atoms with Crippen LogP contribution in [0.3, 0.4) is 0 Å². The average Bonchev–Trinajstić information content (AvgIpc) is 1.71. The molecular weight excluding hydrogens is 1780 g/mol. The van der Waals surface area contributed by atoms with Crippen molar-refractivity contribution in [3.8, 4) is 0 Å². The molecule has 0 saturated carbocycles. The van der Waals surface area contributed by atoms with Gasteiger partial charge in [0.05, 0.1) is 73.0 Å². The summed E-state index contributed by atoms with van der Waals surface area (Å²) in [6.45, 7) is 69.8. The molecule has 0 radical (unpaired) electrons. The van der Waals surface area contributed by atoms with Crippen molar-refractivity contribution in [3.63, 3.8) is 0 Å². The van der Waals surface area contributed by atoms with Crippen LogP contribution in [0.4, 0.5) is 0 Å². The Morgan fingerprint density at radius 3 is 0.386 bits per heavy atom. The van der Waals surface area contributed by atoms with Gasteiger partial charge in [0.25, 0.3) is 0 Å². The fourth-order valence-electron chi connectivity index (χ4n) is 21.3. The Balaban J connectivity index is 0.00000162. The molecule has 8 aliphatic carbocycles. The highest BCUT2D eigenvalue weighted by atomic mass is 16.5. The highest BCUT2D eigenvalue weighted by molar-refractivity contribution is 5.44. The lowest BCUT2D eigenvalue weighted by molar-refractivity contribution is -0.00853. The molecule has 8 aliphatic rings. The fourth-order valence-corrected chi connectivity index (χ4v) is 21.3. The predicted molar refractivity (Wildman–Crippen MR) is 638 cm³/mol. The van der Waals surface area contributed by atoms with Gasteiger partial charge < -0.3 is 82.7 Å². The van der Waals surface area contributed by atoms with Crippen LogP contribution in [0.25, 0.3) is 0 Å². The first kappa shape index (κ1) is 138. The molecule has 0 unspecified atom stereocenters. The van der Waals surface area contributed by atoms with E-state index in [9.17, 15) is 0 Å². The van der Waals surface area contributed by atoms with Crippen molar-refractivity contribution in [1.29, 1.82) is 0 Å². The second-order valence-electron chi connectivity index (χ2n) is 44.2. The van der Waals surface area contributed by atoms with E-state index in [1.807, 2.05) is 0 Å². The Labute approximate surface area is 893 Å². The van der Waals surface area contributed by atoms with Gasteiger partial charge in [-0.05, 0) is 170 Å². The Bertz CT molecular complexity index is 3860. The molecule has 0 bridgehead atoms. The van der Waals surface area contributed by atoms with Gasteiger partial charge in [-0.1, -0.05) is 427 Å². The van der Waals surface area contributed by atoms with Crippen molar-refractivity contribution in [2.24, 2.45) is 0 Å². The molecule has 8 aromatic rings. The molecular formula is C129H224N12O4. The second-order valence-corrected chi connectivity index (χ2v) is 44.2. The third-order valence-electron chi connectivity index (χ3n) is 25.7. The lowest BCUT2D eigenvalue weighted by Crippen LogP contribution is -2.44. The van der Waals surface area contributed by atoms with E-state index >= 15 is 0 Å². The van der Waals surface area contributed by atoms with Gasteiger partial charge in [-0.2, -0.15) is 0 Å². The van der Waals surface area contributed by atoms with Crippen LogP contribution < -0.4 is 63.8 Å². The highest BCUT2D eigenvalue weighted by Gasteiger charge is 2.41. The summed E-state index contributed by atoms with van der Waals surface area (Å²) in [4.78, 5) is 0. The highest BCUT2D eigenvalue weighted by Crippen LogP contribution is 2.41. The lowest BCUT2D eigenvalue weighted by Gasteiger charge is -2.26. The SMILES string of the molecule is C.C.C.C.C.C.C.C.C.CC(C)N[C@@H]1Cc2ccccc2[C@@H]1NC(C)C.CC(C)N[C@@H]1c2ccccc2C[C@@H]1OC(C)C.CC(C)N[C@@H]1c2ccccc2C[C@H]1NC(C)C.CC(C)N[C@@H]1c2ccccc2C[C@H]1NC(C)C.CC(C)N[C@@H]1c2ccccc2C[C@H]1OC(C)C.CC(C)N[C@@H]1c2ccccc2C[C@H]1OC(C)C.CC(C)N[C@H]1Cc2ccccc2[C@H]1NC(C)C.CC(C)N[C@H]1c2ccccc2C[C@H]1OC(C)C. The molecule has 0 heterocycles. The van der Waals surface area contributed by atoms with E-state index in [-0.39, 0.29) is 116 Å². The largest absolute Gasteiger partial charge is 0.373 e. The summed E-state index contributed by atoms with van der Waals surface area (Å²) in [6.07, 6.45) is 10.9. The van der Waals surface area contributed by atoms with Crippen molar-refractivity contribution in [3.05, 3.63) is 283 Å². The smallest absolute Gasteiger partial charge is 0.0813 e. The molecule has 8 aromatic carbocycles. The number of fused-ring (bicyclic) bond motifs is 8. The van der Waals surface area contributed by atoms with Gasteiger partial charge in [0, 0.05) is 147 Å². The quantitative estimate of drug-likeness (QED) is 0.0191. The molecule has 16 heteroatoms. The van der Waals surface area contributed by atoms with Crippen molar-refractivity contribution in [2.45, 2.75) is 534 Å². The van der Waals surface area contributed by atoms with Gasteiger partial charge in [0.15, 0.2) is 0 Å². The van der Waals surface area contributed by atoms with Crippen LogP contribution in [0, 0.1) is 0 Å². The third kappa shape index (κ3) is 43.1. The van der Waals surface area contributed by atoms with Crippen LogP contribution in [-0.2, 0) is 70.3 Å². The minimum atomic E-state index is 0. The summed E-state index contributed by atoms with van der Waals surface area (Å²) >= 11 is 0. The second kappa shape index (κ2) is 68.1. The van der Waals surface area contributed by atoms with Gasteiger partial charge in [-0.15, -0.1) is 0 Å². The van der Waals surface area contributed by atoms with E-state index in [0.717, 1.165) is 51.4 Å². The summed E-state index contributed by atoms with van der Waals surface area (Å²) in [6, 6.07) is 81.3. The molecule has 16 atom stereocenters. The van der Waals surface area contributed by atoms with Gasteiger partial charge in [0.1, 0.15) is 0 Å². The van der Waals surface area contributed by atoms with Crippen molar-refractivity contribution in [2.75, 3.05) is 0 Å². The molecule has 0 amide bonds. The number of nitrogens with one attached hydrogen (secondary N) is 12. The van der Waals surface area contributed by atoms with Crippen LogP contribution in [-0.4, -0.2) is 146 Å². The first-order chi connectivity index (χ1) is 64.6. The maximum atomic E-state index is 6.04. The fraction of sp³-hybridized carbons (Fsp3) is 0.628. The van der Waals surface area contributed by atoms with Crippen molar-refractivity contribution >= 4 is 0 Å². The Hall–Kier alpha value is -6.88. The van der Waals surface area contributed by atoms with Crippen LogP contribution in [0.1, 0.15) is 426 Å². The lowest BCUT2D eigenvalue weighted by atomic mass is 10.1. The Morgan fingerprint density at radius 1 is 0.152 bits per heavy atom. The van der Waals surface area contributed by atoms with E-state index in [1.165, 1.54) is 89.0 Å². The van der Waals surface area contributed by atoms with Gasteiger partial charge in [-0.25, -0.2) is 0 Å². The summed E-state index contributed by atoms with van der Waals surface area (Å²) in [7, 11) is 0. The summed E-state index contributed by atoms with van der Waals surface area (Å²) in [5.74, 6) is 0. The minimum Gasteiger partial charge on any atom is -0.373 e. The van der Waals surface area contributed by atoms with Gasteiger partial charge in [0.2, 0.25) is 0 Å². The van der Waals surface area contributed by atoms with E-state index in [4.69, 9.17) is 18.9 Å². The molecule has 16 rings (SSSR count). The molecule has 12 N–H and O–H groups in total.